The highest BCUT2D eigenvalue weighted by Crippen LogP contribution is 2.68. The van der Waals surface area contributed by atoms with E-state index >= 15 is 0 Å². The van der Waals surface area contributed by atoms with E-state index in [0.717, 1.165) is 48.9 Å². The van der Waals surface area contributed by atoms with Crippen LogP contribution in [-0.2, 0) is 9.53 Å². The minimum Gasteiger partial charge on any atom is -0.462 e. The van der Waals surface area contributed by atoms with Gasteiger partial charge >= 0.3 is 5.97 Å². The summed E-state index contributed by atoms with van der Waals surface area (Å²) in [7, 11) is 0. The number of rotatable bonds is 20. The van der Waals surface area contributed by atoms with Crippen LogP contribution < -0.4 is 0 Å². The van der Waals surface area contributed by atoms with Crippen LogP contribution >= 0.6 is 0 Å². The van der Waals surface area contributed by atoms with Crippen LogP contribution in [0.15, 0.2) is 0 Å². The molecule has 0 saturated heterocycles. The highest BCUT2D eigenvalue weighted by atomic mass is 16.5. The third-order valence-electron chi connectivity index (χ3n) is 14.7. The molecule has 46 heavy (non-hydrogen) atoms. The molecule has 4 rings (SSSR count). The topological polar surface area (TPSA) is 46.5 Å². The predicted molar refractivity (Wildman–Crippen MR) is 195 cm³/mol. The molecule has 268 valence electrons. The monoisotopic (exact) mass is 643 g/mol. The Morgan fingerprint density at radius 2 is 1.37 bits per heavy atom. The molecule has 1 N–H and O–H groups in total. The Bertz CT molecular complexity index is 883. The van der Waals surface area contributed by atoms with Crippen molar-refractivity contribution in [2.75, 3.05) is 0 Å². The van der Waals surface area contributed by atoms with Crippen molar-refractivity contribution in [3.63, 3.8) is 0 Å². The van der Waals surface area contributed by atoms with E-state index in [2.05, 4.69) is 41.5 Å². The van der Waals surface area contributed by atoms with Crippen molar-refractivity contribution >= 4 is 5.97 Å². The van der Waals surface area contributed by atoms with Gasteiger partial charge in [0.2, 0.25) is 0 Å². The first-order valence-electron chi connectivity index (χ1n) is 21.0. The van der Waals surface area contributed by atoms with Crippen molar-refractivity contribution in [1.82, 2.24) is 0 Å². The predicted octanol–water partition coefficient (Wildman–Crippen LogP) is 12.5. The Morgan fingerprint density at radius 1 is 0.739 bits per heavy atom. The lowest BCUT2D eigenvalue weighted by Crippen LogP contribution is -2.60. The zero-order valence-corrected chi connectivity index (χ0v) is 31.6. The number of esters is 1. The smallest absolute Gasteiger partial charge is 0.306 e. The lowest BCUT2D eigenvalue weighted by atomic mass is 9.43. The summed E-state index contributed by atoms with van der Waals surface area (Å²) in [6.07, 6.45) is 31.0. The second-order valence-electron chi connectivity index (χ2n) is 18.1. The Morgan fingerprint density at radius 3 is 2.00 bits per heavy atom. The van der Waals surface area contributed by atoms with Crippen molar-refractivity contribution in [1.29, 1.82) is 0 Å². The lowest BCUT2D eigenvalue weighted by molar-refractivity contribution is -0.203. The highest BCUT2D eigenvalue weighted by molar-refractivity contribution is 5.69. The van der Waals surface area contributed by atoms with Crippen molar-refractivity contribution in [2.45, 2.75) is 214 Å². The fraction of sp³-hybridized carbons (Fsp3) is 0.977. The minimum atomic E-state index is -0.319. The number of aliphatic hydroxyl groups excluding tert-OH is 1. The summed E-state index contributed by atoms with van der Waals surface area (Å²) in [5.74, 6) is 5.25. The quantitative estimate of drug-likeness (QED) is 0.106. The van der Waals surface area contributed by atoms with Crippen LogP contribution in [0.5, 0.6) is 0 Å². The SMILES string of the molecule is CCCCCCCCCCCCCCCC(=O)OC1C[C@@H](O)C[C@H]2CC[C@@H]3[C@@H]4CC[C@H]([C@H](C)CCCC(C)C)[C@@]4(C)CC[C@@H]3[C@@]12C. The molecule has 0 aromatic heterocycles. The average molecular weight is 643 g/mol. The molecule has 4 saturated carbocycles. The molecule has 0 aliphatic heterocycles. The normalized spacial score (nSPS) is 36.2. The molecule has 0 amide bonds. The minimum absolute atomic E-state index is 0.000993. The third-order valence-corrected chi connectivity index (χ3v) is 14.7. The molecule has 3 nitrogen and oxygen atoms in total. The Kier molecular flexibility index (Phi) is 15.3. The molecule has 0 radical (unpaired) electrons. The van der Waals surface area contributed by atoms with Gasteiger partial charge in [-0.1, -0.05) is 138 Å². The zero-order chi connectivity index (χ0) is 33.2. The molecule has 4 aliphatic carbocycles. The molecule has 10 atom stereocenters. The van der Waals surface area contributed by atoms with Gasteiger partial charge in [-0.05, 0) is 98.2 Å². The number of ether oxygens (including phenoxy) is 1. The van der Waals surface area contributed by atoms with E-state index in [1.165, 1.54) is 128 Å². The van der Waals surface area contributed by atoms with Gasteiger partial charge < -0.3 is 9.84 Å². The maximum absolute atomic E-state index is 13.3. The molecule has 4 fully saturated rings. The van der Waals surface area contributed by atoms with Crippen LogP contribution in [0.25, 0.3) is 0 Å². The molecule has 1 unspecified atom stereocenters. The molecule has 4 aliphatic rings. The van der Waals surface area contributed by atoms with Crippen LogP contribution in [0, 0.1) is 52.3 Å². The fourth-order valence-electron chi connectivity index (χ4n) is 12.0. The van der Waals surface area contributed by atoms with Gasteiger partial charge in [0.15, 0.2) is 0 Å². The molecule has 0 aromatic carbocycles. The molecule has 3 heteroatoms. The Balaban J connectivity index is 1.24. The summed E-state index contributed by atoms with van der Waals surface area (Å²) in [6, 6.07) is 0. The number of hydrogen-bond donors (Lipinski definition) is 1. The molecule has 0 spiro atoms. The maximum Gasteiger partial charge on any atom is 0.306 e. The maximum atomic E-state index is 13.3. The van der Waals surface area contributed by atoms with Crippen molar-refractivity contribution < 1.29 is 14.6 Å². The second kappa shape index (κ2) is 18.4. The first-order valence-corrected chi connectivity index (χ1v) is 21.0. The Labute approximate surface area is 286 Å². The number of hydrogen-bond acceptors (Lipinski definition) is 3. The van der Waals surface area contributed by atoms with Crippen molar-refractivity contribution in [2.24, 2.45) is 52.3 Å². The van der Waals surface area contributed by atoms with E-state index in [4.69, 9.17) is 4.74 Å². The standard InChI is InChI=1S/C43H78O3/c1-7-8-9-10-11-12-13-14-15-16-17-18-19-23-41(45)46-40-31-35(44)30-34-24-25-36-38-27-26-37(33(4)22-20-21-32(2)3)42(38,5)29-28-39(36)43(34,40)6/h32-40,44H,7-31H2,1-6H3/t33-,34-,35+,36-,37-,38+,39+,40?,42-,43+/m1/s1. The van der Waals surface area contributed by atoms with E-state index in [1.807, 2.05) is 0 Å². The van der Waals surface area contributed by atoms with Crippen LogP contribution in [-0.4, -0.2) is 23.3 Å². The van der Waals surface area contributed by atoms with Crippen LogP contribution in [0.2, 0.25) is 0 Å². The zero-order valence-electron chi connectivity index (χ0n) is 31.6. The number of carbonyl (C=O) groups is 1. The summed E-state index contributed by atoms with van der Waals surface area (Å²) in [5.41, 5.74) is 0.506. The van der Waals surface area contributed by atoms with Crippen LogP contribution in [0.1, 0.15) is 202 Å². The van der Waals surface area contributed by atoms with Crippen molar-refractivity contribution in [3.05, 3.63) is 0 Å². The van der Waals surface area contributed by atoms with Gasteiger partial charge in [0.25, 0.3) is 0 Å². The summed E-state index contributed by atoms with van der Waals surface area (Å²) in [5, 5.41) is 10.9. The van der Waals surface area contributed by atoms with E-state index in [9.17, 15) is 9.90 Å². The van der Waals surface area contributed by atoms with Crippen LogP contribution in [0.3, 0.4) is 0 Å². The highest BCUT2D eigenvalue weighted by Gasteiger charge is 2.63. The molecule has 0 bridgehead atoms. The average Bonchev–Trinajstić information content (AvgIpc) is 3.37. The van der Waals surface area contributed by atoms with Crippen LogP contribution in [0.4, 0.5) is 0 Å². The third kappa shape index (κ3) is 9.56. The molecular formula is C43H78O3. The summed E-state index contributed by atoms with van der Waals surface area (Å²) < 4.78 is 6.45. The van der Waals surface area contributed by atoms with Gasteiger partial charge in [-0.15, -0.1) is 0 Å². The number of carbonyl (C=O) groups excluding carboxylic acids is 1. The second-order valence-corrected chi connectivity index (χ2v) is 18.1. The van der Waals surface area contributed by atoms with Gasteiger partial charge in [0.1, 0.15) is 6.10 Å². The van der Waals surface area contributed by atoms with E-state index in [0.29, 0.717) is 30.1 Å². The Hall–Kier alpha value is -0.570. The summed E-state index contributed by atoms with van der Waals surface area (Å²) in [4.78, 5) is 13.3. The van der Waals surface area contributed by atoms with E-state index in [1.54, 1.807) is 0 Å². The van der Waals surface area contributed by atoms with Gasteiger partial charge in [-0.3, -0.25) is 4.79 Å². The largest absolute Gasteiger partial charge is 0.462 e. The van der Waals surface area contributed by atoms with Gasteiger partial charge in [-0.25, -0.2) is 0 Å². The van der Waals surface area contributed by atoms with Crippen molar-refractivity contribution in [3.8, 4) is 0 Å². The molecular weight excluding hydrogens is 564 g/mol. The van der Waals surface area contributed by atoms with Gasteiger partial charge in [-0.2, -0.15) is 0 Å². The van der Waals surface area contributed by atoms with Gasteiger partial charge in [0, 0.05) is 18.3 Å². The number of fused-ring (bicyclic) bond motifs is 5. The molecule has 0 heterocycles. The molecule has 0 aromatic rings. The lowest BCUT2D eigenvalue weighted by Gasteiger charge is -2.62. The van der Waals surface area contributed by atoms with E-state index in [-0.39, 0.29) is 23.6 Å². The summed E-state index contributed by atoms with van der Waals surface area (Å²) in [6.45, 7) is 14.8. The number of unbranched alkanes of at least 4 members (excludes halogenated alkanes) is 12. The first kappa shape index (κ1) is 38.2. The fourth-order valence-corrected chi connectivity index (χ4v) is 12.0. The van der Waals surface area contributed by atoms with E-state index < -0.39 is 0 Å². The first-order chi connectivity index (χ1) is 22.1. The van der Waals surface area contributed by atoms with Gasteiger partial charge in [0.05, 0.1) is 6.10 Å². The summed E-state index contributed by atoms with van der Waals surface area (Å²) >= 11 is 0. The number of aliphatic hydroxyl groups is 1.